The molecule has 0 heterocycles. The second-order valence-electron chi connectivity index (χ2n) is 11.5. The van der Waals surface area contributed by atoms with Gasteiger partial charge in [-0.15, -0.1) is 0 Å². The number of aromatic hydroxyl groups is 1. The van der Waals surface area contributed by atoms with Crippen molar-refractivity contribution in [3.63, 3.8) is 0 Å². The Morgan fingerprint density at radius 3 is 1.41 bits per heavy atom. The van der Waals surface area contributed by atoms with Gasteiger partial charge in [-0.3, -0.25) is 4.79 Å². The van der Waals surface area contributed by atoms with Crippen LogP contribution in [0.25, 0.3) is 0 Å². The topological polar surface area (TPSA) is 57.5 Å². The van der Waals surface area contributed by atoms with Gasteiger partial charge in [-0.05, 0) is 68.7 Å². The van der Waals surface area contributed by atoms with Crippen LogP contribution in [-0.2, 0) is 11.2 Å². The molecule has 3 nitrogen and oxygen atoms in total. The van der Waals surface area contributed by atoms with Gasteiger partial charge in [-0.2, -0.15) is 0 Å². The number of unbranched alkanes of at least 4 members (excludes halogenated alkanes) is 15. The number of hydrogen-bond donors (Lipinski definition) is 2. The van der Waals surface area contributed by atoms with Crippen molar-refractivity contribution < 1.29 is 15.0 Å². The summed E-state index contributed by atoms with van der Waals surface area (Å²) >= 11 is 0. The number of aliphatic carboxylic acids is 1. The maximum absolute atomic E-state index is 11.6. The molecule has 0 aliphatic carbocycles. The minimum atomic E-state index is -1.59. The van der Waals surface area contributed by atoms with E-state index in [1.165, 1.54) is 134 Å². The molecule has 37 heavy (non-hydrogen) atoms. The quantitative estimate of drug-likeness (QED) is 0.102. The van der Waals surface area contributed by atoms with Crippen LogP contribution in [0.5, 0.6) is 5.75 Å². The van der Waals surface area contributed by atoms with E-state index in [0.717, 1.165) is 16.4 Å². The lowest BCUT2D eigenvalue weighted by Gasteiger charge is -2.29. The third-order valence-electron chi connectivity index (χ3n) is 8.10. The van der Waals surface area contributed by atoms with Crippen molar-refractivity contribution in [2.45, 2.75) is 150 Å². The molecule has 0 aliphatic rings. The molecule has 1 aromatic carbocycles. The molecule has 0 radical (unpaired) electrons. The maximum Gasteiger partial charge on any atom is 0.307 e. The molecule has 4 heteroatoms. The highest BCUT2D eigenvalue weighted by atomic mass is 31.2. The van der Waals surface area contributed by atoms with Gasteiger partial charge < -0.3 is 10.2 Å². The number of carboxylic acid groups (broad SMARTS) is 1. The summed E-state index contributed by atoms with van der Waals surface area (Å²) in [7, 11) is -1.59. The van der Waals surface area contributed by atoms with Crippen molar-refractivity contribution in [2.24, 2.45) is 0 Å². The number of benzene rings is 1. The van der Waals surface area contributed by atoms with Gasteiger partial charge in [0, 0.05) is 0 Å². The Hall–Kier alpha value is -1.08. The number of carbonyl (C=O) groups is 1. The van der Waals surface area contributed by atoms with E-state index in [9.17, 15) is 15.0 Å². The number of aryl methyl sites for hydroxylation is 1. The van der Waals surface area contributed by atoms with E-state index in [0.29, 0.717) is 5.75 Å². The first kappa shape index (κ1) is 33.9. The van der Waals surface area contributed by atoms with Gasteiger partial charge in [-0.25, -0.2) is 0 Å². The predicted octanol–water partition coefficient (Wildman–Crippen LogP) is 10.1. The number of phenolic OH excluding ortho intramolecular Hbond substituents is 1. The molecule has 0 bridgehead atoms. The molecule has 0 spiro atoms. The van der Waals surface area contributed by atoms with E-state index in [1.807, 2.05) is 13.0 Å². The second-order valence-corrected chi connectivity index (χ2v) is 15.6. The fourth-order valence-electron chi connectivity index (χ4n) is 5.74. The van der Waals surface area contributed by atoms with E-state index < -0.39 is 13.2 Å². The average molecular weight is 536 g/mol. The average Bonchev–Trinajstić information content (AvgIpc) is 2.86. The molecule has 0 unspecified atom stereocenters. The van der Waals surface area contributed by atoms with Crippen molar-refractivity contribution in [2.75, 3.05) is 18.5 Å². The number of carboxylic acids is 1. The summed E-state index contributed by atoms with van der Waals surface area (Å²) < 4.78 is 0. The fourth-order valence-corrected chi connectivity index (χ4v) is 10.6. The van der Waals surface area contributed by atoms with Crippen LogP contribution >= 0.6 is 7.26 Å². The van der Waals surface area contributed by atoms with Crippen LogP contribution in [-0.4, -0.2) is 34.7 Å². The Morgan fingerprint density at radius 1 is 0.649 bits per heavy atom. The molecular weight excluding hydrogens is 475 g/mol. The lowest BCUT2D eigenvalue weighted by Crippen LogP contribution is -2.23. The first-order valence-corrected chi connectivity index (χ1v) is 18.2. The van der Waals surface area contributed by atoms with Crippen molar-refractivity contribution in [1.82, 2.24) is 0 Å². The van der Waals surface area contributed by atoms with E-state index >= 15 is 0 Å². The maximum atomic E-state index is 11.6. The van der Waals surface area contributed by atoms with Crippen molar-refractivity contribution in [3.05, 3.63) is 23.3 Å². The zero-order chi connectivity index (χ0) is 27.4. The number of hydrogen-bond acceptors (Lipinski definition) is 2. The van der Waals surface area contributed by atoms with Crippen molar-refractivity contribution >= 4 is 18.5 Å². The predicted molar refractivity (Wildman–Crippen MR) is 165 cm³/mol. The standard InChI is InChI=1S/C33H59O3P/c1-5-8-11-14-17-20-23-37(24-21-18-15-12-9-6-2,25-22-19-16-13-10-7-3)32-27-30(28-33(35)36)29(4)26-31(32)34/h26-27H,5-25,28H2,1-4H3,(H-,34,35,36)/p+1. The van der Waals surface area contributed by atoms with E-state index in [4.69, 9.17) is 0 Å². The zero-order valence-corrected chi connectivity index (χ0v) is 25.9. The molecule has 0 saturated carbocycles. The van der Waals surface area contributed by atoms with Gasteiger partial charge in [0.15, 0.2) is 5.75 Å². The first-order valence-electron chi connectivity index (χ1n) is 15.8. The largest absolute Gasteiger partial charge is 0.504 e. The molecular formula is C33H60O3P+. The monoisotopic (exact) mass is 535 g/mol. The van der Waals surface area contributed by atoms with Crippen LogP contribution in [0.4, 0.5) is 0 Å². The lowest BCUT2D eigenvalue weighted by molar-refractivity contribution is -0.136. The Balaban J connectivity index is 3.18. The summed E-state index contributed by atoms with van der Waals surface area (Å²) in [4.78, 5) is 11.6. The minimum Gasteiger partial charge on any atom is -0.504 e. The highest BCUT2D eigenvalue weighted by Gasteiger charge is 2.41. The van der Waals surface area contributed by atoms with Crippen LogP contribution in [0.15, 0.2) is 12.1 Å². The number of rotatable bonds is 24. The molecule has 1 aromatic rings. The SMILES string of the molecule is CCCCCCCC[P+](CCCCCCCC)(CCCCCCCC)c1cc(CC(=O)O)c(C)cc1O. The van der Waals surface area contributed by atoms with Crippen LogP contribution in [0.3, 0.4) is 0 Å². The second kappa shape index (κ2) is 20.8. The lowest BCUT2D eigenvalue weighted by atomic mass is 10.1. The molecule has 0 amide bonds. The smallest absolute Gasteiger partial charge is 0.307 e. The highest BCUT2D eigenvalue weighted by molar-refractivity contribution is 7.83. The van der Waals surface area contributed by atoms with Gasteiger partial charge in [0.1, 0.15) is 5.30 Å². The summed E-state index contributed by atoms with van der Waals surface area (Å²) in [5.41, 5.74) is 1.79. The summed E-state index contributed by atoms with van der Waals surface area (Å²) in [6, 6.07) is 3.99. The molecule has 0 saturated heterocycles. The summed E-state index contributed by atoms with van der Waals surface area (Å²) in [5, 5.41) is 22.0. The summed E-state index contributed by atoms with van der Waals surface area (Å²) in [5.74, 6) is -0.352. The van der Waals surface area contributed by atoms with Gasteiger partial charge in [0.05, 0.1) is 32.2 Å². The minimum absolute atomic E-state index is 0.0458. The van der Waals surface area contributed by atoms with Crippen LogP contribution in [0.2, 0.25) is 0 Å². The molecule has 1 rings (SSSR count). The molecule has 0 fully saturated rings. The van der Waals surface area contributed by atoms with Crippen LogP contribution < -0.4 is 5.30 Å². The number of phenols is 1. The van der Waals surface area contributed by atoms with Crippen molar-refractivity contribution in [3.8, 4) is 5.75 Å². The Kier molecular flexibility index (Phi) is 19.1. The van der Waals surface area contributed by atoms with Crippen LogP contribution in [0.1, 0.15) is 147 Å². The van der Waals surface area contributed by atoms with E-state index in [-0.39, 0.29) is 6.42 Å². The summed E-state index contributed by atoms with van der Waals surface area (Å²) in [6.45, 7) is 8.75. The molecule has 2 N–H and O–H groups in total. The van der Waals surface area contributed by atoms with Gasteiger partial charge >= 0.3 is 5.97 Å². The van der Waals surface area contributed by atoms with Gasteiger partial charge in [-0.1, -0.05) is 97.8 Å². The normalized spacial score (nSPS) is 11.8. The molecule has 214 valence electrons. The molecule has 0 aliphatic heterocycles. The van der Waals surface area contributed by atoms with Gasteiger partial charge in [0.25, 0.3) is 0 Å². The fraction of sp³-hybridized carbons (Fsp3) is 0.788. The Bertz CT molecular complexity index is 690. The van der Waals surface area contributed by atoms with E-state index in [1.54, 1.807) is 0 Å². The van der Waals surface area contributed by atoms with Crippen LogP contribution in [0, 0.1) is 6.92 Å². The Morgan fingerprint density at radius 2 is 1.03 bits per heavy atom. The first-order chi connectivity index (χ1) is 17.9. The molecule has 0 atom stereocenters. The Labute approximate surface area is 230 Å². The summed E-state index contributed by atoms with van der Waals surface area (Å²) in [6.07, 6.45) is 27.0. The molecule has 0 aromatic heterocycles. The van der Waals surface area contributed by atoms with Crippen molar-refractivity contribution in [1.29, 1.82) is 0 Å². The third-order valence-corrected chi connectivity index (χ3v) is 13.0. The third kappa shape index (κ3) is 14.0. The van der Waals surface area contributed by atoms with E-state index in [2.05, 4.69) is 26.8 Å². The van der Waals surface area contributed by atoms with Gasteiger partial charge in [0.2, 0.25) is 0 Å². The highest BCUT2D eigenvalue weighted by Crippen LogP contribution is 2.61. The zero-order valence-electron chi connectivity index (χ0n) is 25.0.